The van der Waals surface area contributed by atoms with Gasteiger partial charge in [-0.25, -0.2) is 0 Å². The smallest absolute Gasteiger partial charge is 0.227 e. The van der Waals surface area contributed by atoms with E-state index in [1.54, 1.807) is 14.2 Å². The normalized spacial score (nSPS) is 14.7. The molecule has 4 nitrogen and oxygen atoms in total. The fourth-order valence-electron chi connectivity index (χ4n) is 2.26. The Bertz CT molecular complexity index is 425. The summed E-state index contributed by atoms with van der Waals surface area (Å²) in [5.74, 6) is 1.66. The number of rotatable bonds is 4. The van der Waals surface area contributed by atoms with Crippen LogP contribution in [0.1, 0.15) is 18.4 Å². The molecule has 0 spiro atoms. The van der Waals surface area contributed by atoms with Crippen molar-refractivity contribution in [1.82, 2.24) is 4.90 Å². The number of ether oxygens (including phenoxy) is 2. The Morgan fingerprint density at radius 2 is 1.94 bits per heavy atom. The molecule has 1 heterocycles. The Labute approximate surface area is 107 Å². The second-order valence-electron chi connectivity index (χ2n) is 4.44. The molecule has 1 aromatic rings. The highest BCUT2D eigenvalue weighted by atomic mass is 16.5. The van der Waals surface area contributed by atoms with Crippen molar-refractivity contribution in [3.05, 3.63) is 23.8 Å². The van der Waals surface area contributed by atoms with Gasteiger partial charge in [-0.15, -0.1) is 0 Å². The summed E-state index contributed by atoms with van der Waals surface area (Å²) >= 11 is 0. The third-order valence-electron chi connectivity index (χ3n) is 3.29. The maximum atomic E-state index is 12.1. The molecule has 1 amide bonds. The molecule has 2 rings (SSSR count). The van der Waals surface area contributed by atoms with E-state index in [0.717, 1.165) is 43.0 Å². The quantitative estimate of drug-likeness (QED) is 0.817. The maximum absolute atomic E-state index is 12.1. The van der Waals surface area contributed by atoms with E-state index in [2.05, 4.69) is 0 Å². The molecule has 1 aliphatic heterocycles. The van der Waals surface area contributed by atoms with Crippen molar-refractivity contribution in [1.29, 1.82) is 0 Å². The molecule has 1 fully saturated rings. The number of likely N-dealkylation sites (tertiary alicyclic amines) is 1. The zero-order valence-electron chi connectivity index (χ0n) is 10.9. The monoisotopic (exact) mass is 249 g/mol. The fourth-order valence-corrected chi connectivity index (χ4v) is 2.26. The zero-order valence-corrected chi connectivity index (χ0v) is 10.9. The number of carbonyl (C=O) groups excluding carboxylic acids is 1. The summed E-state index contributed by atoms with van der Waals surface area (Å²) in [6, 6.07) is 5.54. The topological polar surface area (TPSA) is 38.8 Å². The summed E-state index contributed by atoms with van der Waals surface area (Å²) in [5, 5.41) is 0. The standard InChI is InChI=1S/C14H19NO3/c1-17-12-5-6-13(18-2)11(9-12)10-14(16)15-7-3-4-8-15/h5-6,9H,3-4,7-8,10H2,1-2H3. The molecule has 0 atom stereocenters. The van der Waals surface area contributed by atoms with Crippen molar-refractivity contribution in [3.63, 3.8) is 0 Å². The minimum atomic E-state index is 0.166. The molecule has 0 unspecified atom stereocenters. The van der Waals surface area contributed by atoms with Crippen LogP contribution in [0.5, 0.6) is 11.5 Å². The zero-order chi connectivity index (χ0) is 13.0. The van der Waals surface area contributed by atoms with Crippen LogP contribution in [0.2, 0.25) is 0 Å². The van der Waals surface area contributed by atoms with Crippen molar-refractivity contribution >= 4 is 5.91 Å². The Balaban J connectivity index is 2.13. The lowest BCUT2D eigenvalue weighted by Crippen LogP contribution is -2.29. The molecule has 1 aliphatic rings. The molecule has 0 N–H and O–H groups in total. The van der Waals surface area contributed by atoms with E-state index >= 15 is 0 Å². The van der Waals surface area contributed by atoms with E-state index in [4.69, 9.17) is 9.47 Å². The predicted molar refractivity (Wildman–Crippen MR) is 69.1 cm³/mol. The number of hydrogen-bond donors (Lipinski definition) is 0. The number of hydrogen-bond acceptors (Lipinski definition) is 3. The van der Waals surface area contributed by atoms with Crippen molar-refractivity contribution in [2.45, 2.75) is 19.3 Å². The van der Waals surface area contributed by atoms with Gasteiger partial charge in [-0.2, -0.15) is 0 Å². The van der Waals surface area contributed by atoms with Gasteiger partial charge in [0.2, 0.25) is 5.91 Å². The van der Waals surface area contributed by atoms with Crippen LogP contribution in [0.4, 0.5) is 0 Å². The largest absolute Gasteiger partial charge is 0.497 e. The molecule has 0 aliphatic carbocycles. The SMILES string of the molecule is COc1ccc(OC)c(CC(=O)N2CCCC2)c1. The van der Waals surface area contributed by atoms with Crippen LogP contribution in [-0.2, 0) is 11.2 Å². The molecule has 0 radical (unpaired) electrons. The molecule has 18 heavy (non-hydrogen) atoms. The van der Waals surface area contributed by atoms with Gasteiger partial charge in [-0.05, 0) is 31.0 Å². The Morgan fingerprint density at radius 1 is 1.22 bits per heavy atom. The van der Waals surface area contributed by atoms with Crippen molar-refractivity contribution in [2.75, 3.05) is 27.3 Å². The van der Waals surface area contributed by atoms with E-state index in [0.29, 0.717) is 6.42 Å². The van der Waals surface area contributed by atoms with Gasteiger partial charge in [-0.3, -0.25) is 4.79 Å². The summed E-state index contributed by atoms with van der Waals surface area (Å²) in [7, 11) is 3.24. The van der Waals surface area contributed by atoms with E-state index in [9.17, 15) is 4.79 Å². The summed E-state index contributed by atoms with van der Waals surface area (Å²) in [5.41, 5.74) is 0.883. The minimum Gasteiger partial charge on any atom is -0.497 e. The third-order valence-corrected chi connectivity index (χ3v) is 3.29. The first-order valence-electron chi connectivity index (χ1n) is 6.23. The fraction of sp³-hybridized carbons (Fsp3) is 0.500. The highest BCUT2D eigenvalue weighted by Gasteiger charge is 2.19. The average molecular weight is 249 g/mol. The van der Waals surface area contributed by atoms with Gasteiger partial charge in [0.1, 0.15) is 11.5 Å². The maximum Gasteiger partial charge on any atom is 0.227 e. The van der Waals surface area contributed by atoms with Gasteiger partial charge >= 0.3 is 0 Å². The summed E-state index contributed by atoms with van der Waals surface area (Å²) < 4.78 is 10.5. The van der Waals surface area contributed by atoms with Crippen LogP contribution < -0.4 is 9.47 Å². The lowest BCUT2D eigenvalue weighted by atomic mass is 10.1. The van der Waals surface area contributed by atoms with Crippen LogP contribution >= 0.6 is 0 Å². The van der Waals surface area contributed by atoms with Gasteiger partial charge in [0.25, 0.3) is 0 Å². The molecule has 0 bridgehead atoms. The number of carbonyl (C=O) groups is 1. The average Bonchev–Trinajstić information content (AvgIpc) is 2.92. The first kappa shape index (κ1) is 12.7. The highest BCUT2D eigenvalue weighted by molar-refractivity contribution is 5.80. The van der Waals surface area contributed by atoms with E-state index in [1.165, 1.54) is 0 Å². The predicted octanol–water partition coefficient (Wildman–Crippen LogP) is 1.87. The lowest BCUT2D eigenvalue weighted by molar-refractivity contribution is -0.129. The summed E-state index contributed by atoms with van der Waals surface area (Å²) in [6.07, 6.45) is 2.60. The minimum absolute atomic E-state index is 0.166. The molecule has 98 valence electrons. The van der Waals surface area contributed by atoms with Crippen LogP contribution in [0.15, 0.2) is 18.2 Å². The van der Waals surface area contributed by atoms with Crippen LogP contribution in [0.25, 0.3) is 0 Å². The molecule has 0 aromatic heterocycles. The van der Waals surface area contributed by atoms with Crippen LogP contribution in [-0.4, -0.2) is 38.1 Å². The number of amides is 1. The first-order chi connectivity index (χ1) is 8.74. The first-order valence-corrected chi connectivity index (χ1v) is 6.23. The lowest BCUT2D eigenvalue weighted by Gasteiger charge is -2.16. The van der Waals surface area contributed by atoms with Gasteiger partial charge < -0.3 is 14.4 Å². The van der Waals surface area contributed by atoms with E-state index in [1.807, 2.05) is 23.1 Å². The molecular formula is C14H19NO3. The third kappa shape index (κ3) is 2.75. The van der Waals surface area contributed by atoms with Gasteiger partial charge in [0.15, 0.2) is 0 Å². The molecule has 0 saturated carbocycles. The number of methoxy groups -OCH3 is 2. The number of nitrogens with zero attached hydrogens (tertiary/aromatic N) is 1. The van der Waals surface area contributed by atoms with Crippen molar-refractivity contribution < 1.29 is 14.3 Å². The van der Waals surface area contributed by atoms with Crippen molar-refractivity contribution in [3.8, 4) is 11.5 Å². The number of benzene rings is 1. The van der Waals surface area contributed by atoms with Crippen molar-refractivity contribution in [2.24, 2.45) is 0 Å². The second-order valence-corrected chi connectivity index (χ2v) is 4.44. The van der Waals surface area contributed by atoms with Gasteiger partial charge in [0.05, 0.1) is 20.6 Å². The van der Waals surface area contributed by atoms with E-state index in [-0.39, 0.29) is 5.91 Å². The van der Waals surface area contributed by atoms with Gasteiger partial charge in [0, 0.05) is 18.7 Å². The van der Waals surface area contributed by atoms with Crippen LogP contribution in [0.3, 0.4) is 0 Å². The molecule has 1 aromatic carbocycles. The van der Waals surface area contributed by atoms with Gasteiger partial charge in [-0.1, -0.05) is 0 Å². The summed E-state index contributed by atoms with van der Waals surface area (Å²) in [6.45, 7) is 1.76. The highest BCUT2D eigenvalue weighted by Crippen LogP contribution is 2.25. The Kier molecular flexibility index (Phi) is 4.07. The van der Waals surface area contributed by atoms with E-state index < -0.39 is 0 Å². The molecular weight excluding hydrogens is 230 g/mol. The second kappa shape index (κ2) is 5.76. The molecule has 1 saturated heterocycles. The molecule has 4 heteroatoms. The Morgan fingerprint density at radius 3 is 2.56 bits per heavy atom. The Hall–Kier alpha value is -1.71. The van der Waals surface area contributed by atoms with Crippen LogP contribution in [0, 0.1) is 0 Å². The summed E-state index contributed by atoms with van der Waals surface area (Å²) in [4.78, 5) is 14.0.